The molecule has 4 heteroatoms. The summed E-state index contributed by atoms with van der Waals surface area (Å²) in [4.78, 5) is 11.5. The summed E-state index contributed by atoms with van der Waals surface area (Å²) in [6.07, 6.45) is 7.69. The van der Waals surface area contributed by atoms with Gasteiger partial charge >= 0.3 is 0 Å². The second-order valence-electron chi connectivity index (χ2n) is 5.24. The van der Waals surface area contributed by atoms with E-state index in [1.54, 1.807) is 6.33 Å². The third-order valence-corrected chi connectivity index (χ3v) is 3.71. The Bertz CT molecular complexity index is 384. The lowest BCUT2D eigenvalue weighted by Crippen LogP contribution is -2.32. The zero-order valence-electron chi connectivity index (χ0n) is 12.3. The second kappa shape index (κ2) is 7.43. The molecule has 0 fully saturated rings. The van der Waals surface area contributed by atoms with Crippen molar-refractivity contribution in [3.63, 3.8) is 0 Å². The maximum absolute atomic E-state index is 4.57. The molecule has 0 radical (unpaired) electrons. The zero-order valence-corrected chi connectivity index (χ0v) is 12.3. The third kappa shape index (κ3) is 3.66. The normalized spacial score (nSPS) is 14.2. The summed E-state index contributed by atoms with van der Waals surface area (Å²) in [5, 5.41) is 3.44. The third-order valence-electron chi connectivity index (χ3n) is 3.71. The lowest BCUT2D eigenvalue weighted by molar-refractivity contribution is 0.611. The van der Waals surface area contributed by atoms with Crippen molar-refractivity contribution in [1.82, 2.24) is 15.3 Å². The Morgan fingerprint density at radius 2 is 1.89 bits per heavy atom. The predicted molar refractivity (Wildman–Crippen MR) is 79.5 cm³/mol. The molecule has 0 spiro atoms. The fourth-order valence-corrected chi connectivity index (χ4v) is 2.55. The summed E-state index contributed by atoms with van der Waals surface area (Å²) in [5.74, 6) is 1.17. The van der Waals surface area contributed by atoms with Crippen LogP contribution in [0.25, 0.3) is 0 Å². The van der Waals surface area contributed by atoms with Crippen LogP contribution in [0.5, 0.6) is 0 Å². The Labute approximate surface area is 116 Å². The molecule has 4 nitrogen and oxygen atoms in total. The van der Waals surface area contributed by atoms with Crippen LogP contribution in [-0.2, 0) is 13.0 Å². The second-order valence-corrected chi connectivity index (χ2v) is 5.24. The van der Waals surface area contributed by atoms with Crippen LogP contribution < -0.4 is 10.2 Å². The Morgan fingerprint density at radius 1 is 1.16 bits per heavy atom. The molecule has 1 N–H and O–H groups in total. The Balaban J connectivity index is 2.19. The van der Waals surface area contributed by atoms with Gasteiger partial charge in [0.05, 0.1) is 5.69 Å². The van der Waals surface area contributed by atoms with Crippen molar-refractivity contribution in [2.75, 3.05) is 24.5 Å². The van der Waals surface area contributed by atoms with Crippen molar-refractivity contribution in [1.29, 1.82) is 0 Å². The van der Waals surface area contributed by atoms with E-state index in [0.29, 0.717) is 0 Å². The van der Waals surface area contributed by atoms with E-state index in [0.717, 1.165) is 32.6 Å². The van der Waals surface area contributed by atoms with Crippen LogP contribution in [0.2, 0.25) is 0 Å². The van der Waals surface area contributed by atoms with E-state index in [1.165, 1.54) is 42.8 Å². The summed E-state index contributed by atoms with van der Waals surface area (Å²) in [5.41, 5.74) is 2.56. The molecule has 19 heavy (non-hydrogen) atoms. The first-order valence-corrected chi connectivity index (χ1v) is 7.65. The minimum absolute atomic E-state index is 0.917. The molecule has 1 aliphatic heterocycles. The van der Waals surface area contributed by atoms with Crippen molar-refractivity contribution in [3.8, 4) is 0 Å². The molecule has 0 aromatic carbocycles. The highest BCUT2D eigenvalue weighted by Crippen LogP contribution is 2.23. The Morgan fingerprint density at radius 3 is 2.58 bits per heavy atom. The molecule has 0 atom stereocenters. The molecule has 2 rings (SSSR count). The molecule has 2 heterocycles. The Hall–Kier alpha value is -1.16. The van der Waals surface area contributed by atoms with Gasteiger partial charge in [0.25, 0.3) is 0 Å². The molecular weight excluding hydrogens is 236 g/mol. The van der Waals surface area contributed by atoms with Gasteiger partial charge in [-0.15, -0.1) is 0 Å². The highest BCUT2D eigenvalue weighted by Gasteiger charge is 2.18. The van der Waals surface area contributed by atoms with Crippen LogP contribution in [0.4, 0.5) is 5.82 Å². The Kier molecular flexibility index (Phi) is 5.58. The van der Waals surface area contributed by atoms with E-state index < -0.39 is 0 Å². The van der Waals surface area contributed by atoms with Crippen LogP contribution in [0.1, 0.15) is 50.8 Å². The number of hydrogen-bond donors (Lipinski definition) is 1. The molecule has 0 saturated carbocycles. The van der Waals surface area contributed by atoms with Crippen molar-refractivity contribution >= 4 is 5.82 Å². The number of unbranched alkanes of at least 4 members (excludes halogenated alkanes) is 2. The monoisotopic (exact) mass is 262 g/mol. The zero-order chi connectivity index (χ0) is 13.5. The SMILES string of the molecule is CCCCN(CCCC)c1ncnc2c1CNCC2. The molecular formula is C15H26N4. The minimum Gasteiger partial charge on any atom is -0.356 e. The van der Waals surface area contributed by atoms with Gasteiger partial charge in [0, 0.05) is 38.2 Å². The van der Waals surface area contributed by atoms with Gasteiger partial charge in [0.1, 0.15) is 12.1 Å². The summed E-state index contributed by atoms with van der Waals surface area (Å²) in [6, 6.07) is 0. The van der Waals surface area contributed by atoms with Gasteiger partial charge in [-0.3, -0.25) is 0 Å². The first-order valence-electron chi connectivity index (χ1n) is 7.65. The molecule has 1 aliphatic rings. The first kappa shape index (κ1) is 14.3. The number of nitrogens with zero attached hydrogens (tertiary/aromatic N) is 3. The fraction of sp³-hybridized carbons (Fsp3) is 0.733. The molecule has 1 aromatic rings. The van der Waals surface area contributed by atoms with Crippen LogP contribution in [0, 0.1) is 0 Å². The predicted octanol–water partition coefficient (Wildman–Crippen LogP) is 2.53. The summed E-state index contributed by atoms with van der Waals surface area (Å²) in [6.45, 7) is 8.66. The quantitative estimate of drug-likeness (QED) is 0.820. The van der Waals surface area contributed by atoms with Crippen molar-refractivity contribution in [2.45, 2.75) is 52.5 Å². The molecule has 0 unspecified atom stereocenters. The van der Waals surface area contributed by atoms with Crippen LogP contribution in [0.15, 0.2) is 6.33 Å². The van der Waals surface area contributed by atoms with Crippen molar-refractivity contribution in [2.24, 2.45) is 0 Å². The molecule has 0 bridgehead atoms. The topological polar surface area (TPSA) is 41.1 Å². The van der Waals surface area contributed by atoms with Gasteiger partial charge in [-0.05, 0) is 12.8 Å². The number of nitrogens with one attached hydrogen (secondary N) is 1. The van der Waals surface area contributed by atoms with Gasteiger partial charge in [-0.2, -0.15) is 0 Å². The van der Waals surface area contributed by atoms with Crippen molar-refractivity contribution < 1.29 is 0 Å². The van der Waals surface area contributed by atoms with E-state index in [2.05, 4.69) is 34.0 Å². The molecule has 0 saturated heterocycles. The summed E-state index contributed by atoms with van der Waals surface area (Å²) in [7, 11) is 0. The van der Waals surface area contributed by atoms with E-state index in [4.69, 9.17) is 0 Å². The largest absolute Gasteiger partial charge is 0.356 e. The van der Waals surface area contributed by atoms with E-state index in [-0.39, 0.29) is 0 Å². The van der Waals surface area contributed by atoms with Gasteiger partial charge in [0.15, 0.2) is 0 Å². The molecule has 106 valence electrons. The van der Waals surface area contributed by atoms with Gasteiger partial charge < -0.3 is 10.2 Å². The maximum Gasteiger partial charge on any atom is 0.136 e. The highest BCUT2D eigenvalue weighted by atomic mass is 15.2. The maximum atomic E-state index is 4.57. The highest BCUT2D eigenvalue weighted by molar-refractivity contribution is 5.49. The summed E-state index contributed by atoms with van der Waals surface area (Å²) >= 11 is 0. The molecule has 0 aliphatic carbocycles. The first-order chi connectivity index (χ1) is 9.36. The van der Waals surface area contributed by atoms with Crippen molar-refractivity contribution in [3.05, 3.63) is 17.6 Å². The van der Waals surface area contributed by atoms with Crippen LogP contribution in [0.3, 0.4) is 0 Å². The lowest BCUT2D eigenvalue weighted by Gasteiger charge is -2.28. The summed E-state index contributed by atoms with van der Waals surface area (Å²) < 4.78 is 0. The fourth-order valence-electron chi connectivity index (χ4n) is 2.55. The average molecular weight is 262 g/mol. The number of anilines is 1. The van der Waals surface area contributed by atoms with E-state index in [9.17, 15) is 0 Å². The van der Waals surface area contributed by atoms with E-state index in [1.807, 2.05) is 0 Å². The lowest BCUT2D eigenvalue weighted by atomic mass is 10.1. The average Bonchev–Trinajstić information content (AvgIpc) is 2.47. The standard InChI is InChI=1S/C15H26N4/c1-3-5-9-19(10-6-4-2)15-13-11-16-8-7-14(13)17-12-18-15/h12,16H,3-11H2,1-2H3. The van der Waals surface area contributed by atoms with Gasteiger partial charge in [0.2, 0.25) is 0 Å². The number of rotatable bonds is 7. The number of hydrogen-bond acceptors (Lipinski definition) is 4. The number of fused-ring (bicyclic) bond motifs is 1. The van der Waals surface area contributed by atoms with E-state index >= 15 is 0 Å². The molecule has 1 aromatic heterocycles. The van der Waals surface area contributed by atoms with Crippen LogP contribution >= 0.6 is 0 Å². The smallest absolute Gasteiger partial charge is 0.136 e. The molecule has 0 amide bonds. The van der Waals surface area contributed by atoms with Gasteiger partial charge in [-0.25, -0.2) is 9.97 Å². The van der Waals surface area contributed by atoms with Gasteiger partial charge in [-0.1, -0.05) is 26.7 Å². The number of aromatic nitrogens is 2. The minimum atomic E-state index is 0.917. The van der Waals surface area contributed by atoms with Crippen LogP contribution in [-0.4, -0.2) is 29.6 Å².